The zero-order valence-electron chi connectivity index (χ0n) is 15.7. The number of carbonyl (C=O) groups is 1. The van der Waals surface area contributed by atoms with Crippen LogP contribution in [0.2, 0.25) is 0 Å². The van der Waals surface area contributed by atoms with E-state index in [1.807, 2.05) is 0 Å². The number of ether oxygens (including phenoxy) is 1. The normalized spacial score (nSPS) is 11.0. The molecule has 1 N–H and O–H groups in total. The van der Waals surface area contributed by atoms with E-state index in [1.54, 1.807) is 36.3 Å². The molecule has 0 spiro atoms. The minimum Gasteiger partial charge on any atom is -0.449 e. The van der Waals surface area contributed by atoms with E-state index in [0.717, 1.165) is 17.8 Å². The molecule has 0 unspecified atom stereocenters. The molecule has 0 saturated carbocycles. The predicted molar refractivity (Wildman–Crippen MR) is 105 cm³/mol. The van der Waals surface area contributed by atoms with Crippen molar-refractivity contribution >= 4 is 17.1 Å². The van der Waals surface area contributed by atoms with Crippen molar-refractivity contribution in [3.63, 3.8) is 0 Å². The molecule has 7 nitrogen and oxygen atoms in total. The highest BCUT2D eigenvalue weighted by Crippen LogP contribution is 2.24. The molecular weight excluding hydrogens is 396 g/mol. The monoisotopic (exact) mass is 411 g/mol. The van der Waals surface area contributed by atoms with Crippen LogP contribution in [0, 0.1) is 11.6 Å². The zero-order valence-corrected chi connectivity index (χ0v) is 15.7. The number of carboxylic acid groups (broad SMARTS) is 1. The first-order valence-electron chi connectivity index (χ1n) is 8.83. The Kier molecular flexibility index (Phi) is 4.78. The molecule has 152 valence electrons. The van der Waals surface area contributed by atoms with Crippen LogP contribution in [-0.2, 0) is 13.6 Å². The first-order chi connectivity index (χ1) is 14.3. The summed E-state index contributed by atoms with van der Waals surface area (Å²) in [6.45, 7) is -0.0740. The van der Waals surface area contributed by atoms with Gasteiger partial charge in [-0.05, 0) is 23.8 Å². The van der Waals surface area contributed by atoms with E-state index in [1.165, 1.54) is 22.8 Å². The molecule has 0 radical (unpaired) electrons. The van der Waals surface area contributed by atoms with Gasteiger partial charge >= 0.3 is 6.16 Å². The summed E-state index contributed by atoms with van der Waals surface area (Å²) in [6, 6.07) is 8.63. The van der Waals surface area contributed by atoms with E-state index < -0.39 is 29.0 Å². The van der Waals surface area contributed by atoms with Crippen molar-refractivity contribution in [3.8, 4) is 16.9 Å². The number of rotatable bonds is 4. The van der Waals surface area contributed by atoms with Gasteiger partial charge in [0.1, 0.15) is 11.6 Å². The molecule has 2 aromatic heterocycles. The lowest BCUT2D eigenvalue weighted by Gasteiger charge is -2.14. The largest absolute Gasteiger partial charge is 0.511 e. The van der Waals surface area contributed by atoms with Gasteiger partial charge in [-0.1, -0.05) is 18.2 Å². The maximum Gasteiger partial charge on any atom is 0.511 e. The fourth-order valence-corrected chi connectivity index (χ4v) is 3.28. The number of halogens is 2. The molecular formula is C21H15F2N3O4. The number of hydrogen-bond donors (Lipinski definition) is 1. The quantitative estimate of drug-likeness (QED) is 0.517. The van der Waals surface area contributed by atoms with Gasteiger partial charge in [0, 0.05) is 24.4 Å². The third-order valence-electron chi connectivity index (χ3n) is 4.65. The Morgan fingerprint density at radius 3 is 2.60 bits per heavy atom. The fourth-order valence-electron chi connectivity index (χ4n) is 3.28. The summed E-state index contributed by atoms with van der Waals surface area (Å²) in [5, 5.41) is 12.6. The Balaban J connectivity index is 1.80. The van der Waals surface area contributed by atoms with Crippen molar-refractivity contribution in [3.05, 3.63) is 82.4 Å². The average Bonchev–Trinajstić information content (AvgIpc) is 3.13. The van der Waals surface area contributed by atoms with Gasteiger partial charge in [-0.3, -0.25) is 9.48 Å². The lowest BCUT2D eigenvalue weighted by molar-refractivity contribution is 0.143. The van der Waals surface area contributed by atoms with Gasteiger partial charge < -0.3 is 14.4 Å². The van der Waals surface area contributed by atoms with Crippen molar-refractivity contribution in [2.45, 2.75) is 6.54 Å². The Labute approximate surface area is 168 Å². The van der Waals surface area contributed by atoms with Crippen LogP contribution in [0.25, 0.3) is 22.0 Å². The molecule has 2 aromatic carbocycles. The van der Waals surface area contributed by atoms with E-state index in [-0.39, 0.29) is 23.0 Å². The predicted octanol–water partition coefficient (Wildman–Crippen LogP) is 3.79. The fraction of sp³-hybridized carbons (Fsp3) is 0.0952. The van der Waals surface area contributed by atoms with Crippen LogP contribution in [0.1, 0.15) is 5.56 Å². The molecule has 0 saturated heterocycles. The summed E-state index contributed by atoms with van der Waals surface area (Å²) in [5.74, 6) is -1.90. The van der Waals surface area contributed by atoms with Crippen LogP contribution in [0.5, 0.6) is 5.75 Å². The van der Waals surface area contributed by atoms with E-state index in [0.29, 0.717) is 5.56 Å². The van der Waals surface area contributed by atoms with E-state index in [4.69, 9.17) is 5.11 Å². The van der Waals surface area contributed by atoms with E-state index in [9.17, 15) is 18.4 Å². The van der Waals surface area contributed by atoms with Gasteiger partial charge in [0.15, 0.2) is 5.75 Å². The summed E-state index contributed by atoms with van der Waals surface area (Å²) in [5.41, 5.74) is 0.937. The second-order valence-corrected chi connectivity index (χ2v) is 6.66. The molecule has 0 aliphatic heterocycles. The van der Waals surface area contributed by atoms with Crippen molar-refractivity contribution in [1.82, 2.24) is 14.3 Å². The topological polar surface area (TPSA) is 86.4 Å². The molecule has 0 amide bonds. The van der Waals surface area contributed by atoms with Gasteiger partial charge in [-0.25, -0.2) is 13.6 Å². The summed E-state index contributed by atoms with van der Waals surface area (Å²) in [6.07, 6.45) is 2.79. The Bertz CT molecular complexity index is 1340. The molecule has 4 rings (SSSR count). The molecule has 0 aliphatic carbocycles. The molecule has 4 aromatic rings. The third-order valence-corrected chi connectivity index (χ3v) is 4.65. The first-order valence-corrected chi connectivity index (χ1v) is 8.83. The maximum atomic E-state index is 14.8. The highest BCUT2D eigenvalue weighted by molar-refractivity contribution is 5.81. The SMILES string of the molecule is Cn1cc(-c2ccc(Cn3cc(OC(=O)O)c(=O)c4c(F)cccc43)c(F)c2)cn1. The van der Waals surface area contributed by atoms with Crippen LogP contribution in [-0.4, -0.2) is 25.6 Å². The lowest BCUT2D eigenvalue weighted by Crippen LogP contribution is -2.17. The molecule has 0 aliphatic rings. The number of fused-ring (bicyclic) bond motifs is 1. The smallest absolute Gasteiger partial charge is 0.449 e. The van der Waals surface area contributed by atoms with Crippen molar-refractivity contribution in [2.24, 2.45) is 7.05 Å². The summed E-state index contributed by atoms with van der Waals surface area (Å²) < 4.78 is 36.6. The van der Waals surface area contributed by atoms with Crippen LogP contribution < -0.4 is 10.2 Å². The molecule has 9 heteroatoms. The molecule has 0 bridgehead atoms. The average molecular weight is 411 g/mol. The summed E-state index contributed by atoms with van der Waals surface area (Å²) in [7, 11) is 1.76. The van der Waals surface area contributed by atoms with Crippen molar-refractivity contribution in [2.75, 3.05) is 0 Å². The maximum absolute atomic E-state index is 14.8. The minimum absolute atomic E-state index is 0.0740. The highest BCUT2D eigenvalue weighted by Gasteiger charge is 2.17. The molecule has 2 heterocycles. The van der Waals surface area contributed by atoms with Gasteiger partial charge in [0.05, 0.1) is 29.8 Å². The molecule has 30 heavy (non-hydrogen) atoms. The van der Waals surface area contributed by atoms with Gasteiger partial charge in [-0.2, -0.15) is 5.10 Å². The summed E-state index contributed by atoms with van der Waals surface area (Å²) in [4.78, 5) is 23.3. The van der Waals surface area contributed by atoms with Crippen LogP contribution in [0.4, 0.5) is 13.6 Å². The number of aromatic nitrogens is 3. The third kappa shape index (κ3) is 3.52. The number of aryl methyl sites for hydroxylation is 1. The number of hydrogen-bond acceptors (Lipinski definition) is 4. The van der Waals surface area contributed by atoms with Gasteiger partial charge in [-0.15, -0.1) is 0 Å². The van der Waals surface area contributed by atoms with Gasteiger partial charge in [0.2, 0.25) is 5.43 Å². The molecule has 0 atom stereocenters. The number of pyridine rings is 1. The highest BCUT2D eigenvalue weighted by atomic mass is 19.1. The standard InChI is InChI=1S/C21H15F2N3O4/c1-25-9-14(8-24-25)12-5-6-13(16(23)7-12)10-26-11-18(30-21(28)29)20(27)19-15(22)3-2-4-17(19)26/h2-9,11H,10H2,1H3,(H,28,29). The van der Waals surface area contributed by atoms with Crippen LogP contribution >= 0.6 is 0 Å². The summed E-state index contributed by atoms with van der Waals surface area (Å²) >= 11 is 0. The Hall–Kier alpha value is -4.01. The Morgan fingerprint density at radius 1 is 1.13 bits per heavy atom. The second kappa shape index (κ2) is 7.43. The van der Waals surface area contributed by atoms with E-state index >= 15 is 0 Å². The van der Waals surface area contributed by atoms with Crippen molar-refractivity contribution < 1.29 is 23.4 Å². The Morgan fingerprint density at radius 2 is 1.93 bits per heavy atom. The van der Waals surface area contributed by atoms with Crippen molar-refractivity contribution in [1.29, 1.82) is 0 Å². The lowest BCUT2D eigenvalue weighted by atomic mass is 10.1. The minimum atomic E-state index is -1.71. The molecule has 0 fully saturated rings. The second-order valence-electron chi connectivity index (χ2n) is 6.66. The number of benzene rings is 2. The van der Waals surface area contributed by atoms with Gasteiger partial charge in [0.25, 0.3) is 0 Å². The number of nitrogens with zero attached hydrogens (tertiary/aromatic N) is 3. The van der Waals surface area contributed by atoms with E-state index in [2.05, 4.69) is 9.84 Å². The first kappa shape index (κ1) is 19.3. The zero-order chi connectivity index (χ0) is 21.4. The van der Waals surface area contributed by atoms with Crippen LogP contribution in [0.3, 0.4) is 0 Å². The van der Waals surface area contributed by atoms with Crippen LogP contribution in [0.15, 0.2) is 59.8 Å².